The third-order valence-corrected chi connectivity index (χ3v) is 5.49. The number of rotatable bonds is 5. The molecule has 0 bridgehead atoms. The van der Waals surface area contributed by atoms with E-state index in [0.29, 0.717) is 11.1 Å². The van der Waals surface area contributed by atoms with Crippen molar-refractivity contribution in [2.45, 2.75) is 24.5 Å². The van der Waals surface area contributed by atoms with Crippen LogP contribution in [-0.2, 0) is 23.0 Å². The highest BCUT2D eigenvalue weighted by Crippen LogP contribution is 2.24. The number of carbonyl (C=O) groups excluding carboxylic acids is 1. The SMILES string of the molecule is Cn1c(=O)oc2ccc(-c3ccc(CC(C#N)NC(=O)[C@@H]4CNCC(F)(F)CO4)cc3)cc21. The summed E-state index contributed by atoms with van der Waals surface area (Å²) < 4.78 is 38.4. The van der Waals surface area contributed by atoms with Crippen LogP contribution >= 0.6 is 0 Å². The first-order valence-corrected chi connectivity index (χ1v) is 10.3. The van der Waals surface area contributed by atoms with Crippen molar-refractivity contribution in [1.29, 1.82) is 5.26 Å². The zero-order valence-electron chi connectivity index (χ0n) is 17.8. The predicted octanol–water partition coefficient (Wildman–Crippen LogP) is 1.97. The van der Waals surface area contributed by atoms with Crippen molar-refractivity contribution in [3.8, 4) is 17.2 Å². The molecule has 1 unspecified atom stereocenters. The van der Waals surface area contributed by atoms with Crippen LogP contribution in [0.3, 0.4) is 0 Å². The van der Waals surface area contributed by atoms with Crippen molar-refractivity contribution in [2.75, 3.05) is 19.7 Å². The van der Waals surface area contributed by atoms with Crippen molar-refractivity contribution < 1.29 is 22.7 Å². The number of amides is 1. The average molecular weight is 456 g/mol. The molecule has 1 saturated heterocycles. The quantitative estimate of drug-likeness (QED) is 0.608. The minimum atomic E-state index is -3.04. The molecule has 1 aliphatic rings. The Morgan fingerprint density at radius 2 is 2.03 bits per heavy atom. The maximum absolute atomic E-state index is 13.4. The summed E-state index contributed by atoms with van der Waals surface area (Å²) in [7, 11) is 1.64. The molecular formula is C23H22F2N4O4. The Morgan fingerprint density at radius 3 is 2.76 bits per heavy atom. The smallest absolute Gasteiger partial charge is 0.408 e. The summed E-state index contributed by atoms with van der Waals surface area (Å²) in [6.45, 7) is -1.47. The highest BCUT2D eigenvalue weighted by atomic mass is 19.3. The normalized spacial score (nSPS) is 18.9. The van der Waals surface area contributed by atoms with Gasteiger partial charge in [0.15, 0.2) is 5.58 Å². The fourth-order valence-electron chi connectivity index (χ4n) is 3.66. The molecule has 3 aromatic rings. The van der Waals surface area contributed by atoms with Crippen LogP contribution in [0.2, 0.25) is 0 Å². The second kappa shape index (κ2) is 9.13. The number of carbonyl (C=O) groups is 1. The Bertz CT molecular complexity index is 1260. The molecule has 1 aromatic heterocycles. The molecule has 33 heavy (non-hydrogen) atoms. The third-order valence-electron chi connectivity index (χ3n) is 5.49. The van der Waals surface area contributed by atoms with Crippen molar-refractivity contribution >= 4 is 17.0 Å². The number of nitrogens with zero attached hydrogens (tertiary/aromatic N) is 2. The molecule has 0 saturated carbocycles. The van der Waals surface area contributed by atoms with Gasteiger partial charge >= 0.3 is 5.76 Å². The fourth-order valence-corrected chi connectivity index (χ4v) is 3.66. The number of aryl methyl sites for hydroxylation is 1. The first-order chi connectivity index (χ1) is 15.8. The van der Waals surface area contributed by atoms with Crippen molar-refractivity contribution in [3.63, 3.8) is 0 Å². The maximum atomic E-state index is 13.4. The van der Waals surface area contributed by atoms with Crippen LogP contribution in [0.1, 0.15) is 5.56 Å². The van der Waals surface area contributed by atoms with Crippen LogP contribution in [0.4, 0.5) is 8.78 Å². The number of nitrogens with one attached hydrogen (secondary N) is 2. The Balaban J connectivity index is 1.41. The summed E-state index contributed by atoms with van der Waals surface area (Å²) in [4.78, 5) is 24.1. The molecule has 0 spiro atoms. The van der Waals surface area contributed by atoms with Gasteiger partial charge in [-0.1, -0.05) is 30.3 Å². The van der Waals surface area contributed by atoms with E-state index in [9.17, 15) is 23.6 Å². The fraction of sp³-hybridized carbons (Fsp3) is 0.348. The van der Waals surface area contributed by atoms with Gasteiger partial charge in [-0.15, -0.1) is 0 Å². The Labute approximate surface area is 187 Å². The van der Waals surface area contributed by atoms with Gasteiger partial charge in [0.25, 0.3) is 11.8 Å². The molecule has 4 rings (SSSR count). The summed E-state index contributed by atoms with van der Waals surface area (Å²) in [5, 5.41) is 14.5. The van der Waals surface area contributed by atoms with Crippen LogP contribution in [0.25, 0.3) is 22.2 Å². The van der Waals surface area contributed by atoms with Gasteiger partial charge in [-0.25, -0.2) is 13.6 Å². The van der Waals surface area contributed by atoms with Gasteiger partial charge in [-0.2, -0.15) is 5.26 Å². The first-order valence-electron chi connectivity index (χ1n) is 10.3. The van der Waals surface area contributed by atoms with Gasteiger partial charge in [0.05, 0.1) is 18.1 Å². The molecule has 8 nitrogen and oxygen atoms in total. The second-order valence-electron chi connectivity index (χ2n) is 7.99. The lowest BCUT2D eigenvalue weighted by atomic mass is 10.0. The molecule has 2 N–H and O–H groups in total. The van der Waals surface area contributed by atoms with Crippen LogP contribution in [-0.4, -0.2) is 48.2 Å². The molecule has 172 valence electrons. The zero-order chi connectivity index (χ0) is 23.6. The molecule has 10 heteroatoms. The van der Waals surface area contributed by atoms with Crippen molar-refractivity contribution in [2.24, 2.45) is 7.05 Å². The lowest BCUT2D eigenvalue weighted by Crippen LogP contribution is -2.46. The Morgan fingerprint density at radius 1 is 1.30 bits per heavy atom. The number of aromatic nitrogens is 1. The lowest BCUT2D eigenvalue weighted by molar-refractivity contribution is -0.137. The van der Waals surface area contributed by atoms with Gasteiger partial charge in [-0.05, 0) is 28.8 Å². The number of hydrogen-bond donors (Lipinski definition) is 2. The summed E-state index contributed by atoms with van der Waals surface area (Å²) in [5.41, 5.74) is 3.80. The van der Waals surface area contributed by atoms with Crippen LogP contribution in [0, 0.1) is 11.3 Å². The zero-order valence-corrected chi connectivity index (χ0v) is 17.8. The van der Waals surface area contributed by atoms with E-state index in [2.05, 4.69) is 10.6 Å². The van der Waals surface area contributed by atoms with E-state index in [0.717, 1.165) is 16.7 Å². The van der Waals surface area contributed by atoms with Gasteiger partial charge in [0, 0.05) is 20.0 Å². The highest BCUT2D eigenvalue weighted by molar-refractivity contribution is 5.82. The number of hydrogen-bond acceptors (Lipinski definition) is 6. The molecule has 2 heterocycles. The summed E-state index contributed by atoms with van der Waals surface area (Å²) in [6, 6.07) is 14.1. The molecule has 0 aliphatic carbocycles. The molecule has 0 radical (unpaired) electrons. The molecule has 2 aromatic carbocycles. The van der Waals surface area contributed by atoms with E-state index in [-0.39, 0.29) is 13.0 Å². The number of halogens is 2. The largest absolute Gasteiger partial charge is 0.419 e. The van der Waals surface area contributed by atoms with Gasteiger partial charge in [0.2, 0.25) is 0 Å². The monoisotopic (exact) mass is 456 g/mol. The Hall–Kier alpha value is -3.55. The molecule has 1 aliphatic heterocycles. The number of benzene rings is 2. The van der Waals surface area contributed by atoms with Gasteiger partial charge < -0.3 is 19.8 Å². The van der Waals surface area contributed by atoms with E-state index in [1.165, 1.54) is 4.57 Å². The number of fused-ring (bicyclic) bond motifs is 1. The van der Waals surface area contributed by atoms with E-state index in [1.54, 1.807) is 13.1 Å². The van der Waals surface area contributed by atoms with E-state index < -0.39 is 42.9 Å². The lowest BCUT2D eigenvalue weighted by Gasteiger charge is -2.18. The first kappa shape index (κ1) is 22.6. The third kappa shape index (κ3) is 5.10. The van der Waals surface area contributed by atoms with Crippen molar-refractivity contribution in [3.05, 3.63) is 58.6 Å². The molecule has 1 amide bonds. The molecular weight excluding hydrogens is 434 g/mol. The Kier molecular flexibility index (Phi) is 6.26. The van der Waals surface area contributed by atoms with Crippen LogP contribution < -0.4 is 16.4 Å². The van der Waals surface area contributed by atoms with Gasteiger partial charge in [-0.3, -0.25) is 9.36 Å². The van der Waals surface area contributed by atoms with Crippen LogP contribution in [0.5, 0.6) is 0 Å². The summed E-state index contributed by atoms with van der Waals surface area (Å²) >= 11 is 0. The molecule has 2 atom stereocenters. The van der Waals surface area contributed by atoms with Crippen LogP contribution in [0.15, 0.2) is 51.7 Å². The number of nitriles is 1. The second-order valence-corrected chi connectivity index (χ2v) is 7.99. The topological polar surface area (TPSA) is 109 Å². The number of ether oxygens (including phenoxy) is 1. The van der Waals surface area contributed by atoms with E-state index in [4.69, 9.17) is 9.15 Å². The summed E-state index contributed by atoms with van der Waals surface area (Å²) in [5.74, 6) is -4.08. The minimum absolute atomic E-state index is 0.0547. The highest BCUT2D eigenvalue weighted by Gasteiger charge is 2.35. The van der Waals surface area contributed by atoms with Crippen molar-refractivity contribution in [1.82, 2.24) is 15.2 Å². The summed E-state index contributed by atoms with van der Waals surface area (Å²) in [6.07, 6.45) is -0.848. The predicted molar refractivity (Wildman–Crippen MR) is 116 cm³/mol. The van der Waals surface area contributed by atoms with Gasteiger partial charge in [0.1, 0.15) is 18.8 Å². The van der Waals surface area contributed by atoms with E-state index in [1.807, 2.05) is 42.5 Å². The number of alkyl halides is 2. The molecule has 1 fully saturated rings. The number of oxazole rings is 1. The minimum Gasteiger partial charge on any atom is -0.408 e. The average Bonchev–Trinajstić information content (AvgIpc) is 2.95. The standard InChI is InChI=1S/C23H22F2N4O4/c1-29-18-9-16(6-7-19(18)33-22(29)31)15-4-2-14(3-5-15)8-17(10-26)28-21(30)20-11-27-12-23(24,25)13-32-20/h2-7,9,17,20,27H,8,11-13H2,1H3,(H,28,30)/t17?,20-/m0/s1. The van der Waals surface area contributed by atoms with E-state index >= 15 is 0 Å². The maximum Gasteiger partial charge on any atom is 0.419 e.